The summed E-state index contributed by atoms with van der Waals surface area (Å²) in [6.45, 7) is 5.30. The van der Waals surface area contributed by atoms with E-state index in [0.29, 0.717) is 23.1 Å². The van der Waals surface area contributed by atoms with E-state index < -0.39 is 10.0 Å². The van der Waals surface area contributed by atoms with Crippen LogP contribution < -0.4 is 10.6 Å². The van der Waals surface area contributed by atoms with Gasteiger partial charge in [0.05, 0.1) is 4.90 Å². The van der Waals surface area contributed by atoms with E-state index in [0.717, 1.165) is 36.2 Å². The smallest absolute Gasteiger partial charge is 0.243 e. The summed E-state index contributed by atoms with van der Waals surface area (Å²) in [6, 6.07) is 12.8. The largest absolute Gasteiger partial charge is 0.332 e. The van der Waals surface area contributed by atoms with E-state index in [1.54, 1.807) is 28.6 Å². The van der Waals surface area contributed by atoms with Crippen LogP contribution in [0.1, 0.15) is 30.4 Å². The molecule has 0 aromatic heterocycles. The number of rotatable bonds is 4. The van der Waals surface area contributed by atoms with Crippen molar-refractivity contribution in [1.82, 2.24) is 4.31 Å². The van der Waals surface area contributed by atoms with Crippen LogP contribution in [0.5, 0.6) is 0 Å². The Balaban J connectivity index is 1.66. The molecular weight excluding hydrogens is 378 g/mol. The van der Waals surface area contributed by atoms with Gasteiger partial charge in [0.1, 0.15) is 0 Å². The summed E-state index contributed by atoms with van der Waals surface area (Å²) in [7, 11) is -3.41. The Morgan fingerprint density at radius 3 is 2.30 bits per heavy atom. The molecule has 1 aliphatic heterocycles. The van der Waals surface area contributed by atoms with Crippen molar-refractivity contribution in [3.05, 3.63) is 53.6 Å². The highest BCUT2D eigenvalue weighted by Gasteiger charge is 2.25. The molecule has 1 saturated heterocycles. The number of piperidine rings is 1. The van der Waals surface area contributed by atoms with Crippen molar-refractivity contribution in [3.63, 3.8) is 0 Å². The lowest BCUT2D eigenvalue weighted by Crippen LogP contribution is -2.35. The lowest BCUT2D eigenvalue weighted by atomic mass is 10.1. The van der Waals surface area contributed by atoms with Crippen molar-refractivity contribution >= 4 is 38.7 Å². The number of nitrogens with one attached hydrogen (secondary N) is 2. The Bertz CT molecular complexity index is 919. The normalized spacial score (nSPS) is 15.3. The van der Waals surface area contributed by atoms with E-state index in [9.17, 15) is 8.42 Å². The lowest BCUT2D eigenvalue weighted by molar-refractivity contribution is 0.346. The molecule has 1 heterocycles. The molecule has 0 aliphatic carbocycles. The second-order valence-electron chi connectivity index (χ2n) is 6.82. The van der Waals surface area contributed by atoms with E-state index in [1.165, 1.54) is 5.56 Å². The molecule has 0 spiro atoms. The number of sulfonamides is 1. The van der Waals surface area contributed by atoms with Gasteiger partial charge in [0, 0.05) is 24.5 Å². The topological polar surface area (TPSA) is 61.4 Å². The van der Waals surface area contributed by atoms with Gasteiger partial charge in [-0.05, 0) is 80.4 Å². The monoisotopic (exact) mass is 403 g/mol. The fourth-order valence-electron chi connectivity index (χ4n) is 3.14. The van der Waals surface area contributed by atoms with Crippen molar-refractivity contribution in [3.8, 4) is 0 Å². The van der Waals surface area contributed by atoms with Crippen LogP contribution in [0, 0.1) is 13.8 Å². The van der Waals surface area contributed by atoms with E-state index in [-0.39, 0.29) is 0 Å². The van der Waals surface area contributed by atoms with E-state index in [2.05, 4.69) is 23.6 Å². The zero-order chi connectivity index (χ0) is 19.4. The molecule has 0 saturated carbocycles. The Morgan fingerprint density at radius 1 is 0.963 bits per heavy atom. The standard InChI is InChI=1S/C20H25N3O2S2/c1-15-7-6-8-19(16(15)2)22-20(26)21-17-9-11-18(12-10-17)27(24,25)23-13-4-3-5-14-23/h6-12H,3-5,13-14H2,1-2H3,(H2,21,22,26). The van der Waals surface area contributed by atoms with Gasteiger partial charge >= 0.3 is 0 Å². The summed E-state index contributed by atoms with van der Waals surface area (Å²) >= 11 is 5.38. The summed E-state index contributed by atoms with van der Waals surface area (Å²) in [5.41, 5.74) is 4.03. The fourth-order valence-corrected chi connectivity index (χ4v) is 4.88. The predicted molar refractivity (Wildman–Crippen MR) is 115 cm³/mol. The quantitative estimate of drug-likeness (QED) is 0.746. The highest BCUT2D eigenvalue weighted by atomic mass is 32.2. The van der Waals surface area contributed by atoms with Crippen molar-refractivity contribution < 1.29 is 8.42 Å². The third-order valence-electron chi connectivity index (χ3n) is 4.92. The Morgan fingerprint density at radius 2 is 1.63 bits per heavy atom. The summed E-state index contributed by atoms with van der Waals surface area (Å²) in [6.07, 6.45) is 2.95. The van der Waals surface area contributed by atoms with Gasteiger partial charge in [-0.15, -0.1) is 0 Å². The third-order valence-corrected chi connectivity index (χ3v) is 7.03. The summed E-state index contributed by atoms with van der Waals surface area (Å²) in [5, 5.41) is 6.77. The van der Waals surface area contributed by atoms with Crippen LogP contribution in [0.15, 0.2) is 47.4 Å². The minimum atomic E-state index is -3.41. The SMILES string of the molecule is Cc1cccc(NC(=S)Nc2ccc(S(=O)(=O)N3CCCCC3)cc2)c1C. The maximum Gasteiger partial charge on any atom is 0.243 e. The van der Waals surface area contributed by atoms with E-state index >= 15 is 0 Å². The van der Waals surface area contributed by atoms with E-state index in [4.69, 9.17) is 12.2 Å². The van der Waals surface area contributed by atoms with Gasteiger partial charge in [-0.2, -0.15) is 4.31 Å². The first-order valence-electron chi connectivity index (χ1n) is 9.12. The maximum absolute atomic E-state index is 12.7. The molecule has 0 radical (unpaired) electrons. The molecule has 2 aromatic rings. The van der Waals surface area contributed by atoms with E-state index in [1.807, 2.05) is 19.1 Å². The minimum absolute atomic E-state index is 0.323. The zero-order valence-electron chi connectivity index (χ0n) is 15.7. The molecule has 2 N–H and O–H groups in total. The number of benzene rings is 2. The summed E-state index contributed by atoms with van der Waals surface area (Å²) < 4.78 is 27.0. The Hall–Kier alpha value is -1.96. The molecule has 7 heteroatoms. The number of aryl methyl sites for hydroxylation is 1. The molecule has 27 heavy (non-hydrogen) atoms. The van der Waals surface area contributed by atoms with Crippen molar-refractivity contribution in [2.45, 2.75) is 38.0 Å². The average molecular weight is 404 g/mol. The molecule has 1 aliphatic rings. The van der Waals surface area contributed by atoms with Crippen LogP contribution in [0.4, 0.5) is 11.4 Å². The summed E-state index contributed by atoms with van der Waals surface area (Å²) in [5.74, 6) is 0. The van der Waals surface area contributed by atoms with Crippen LogP contribution in [-0.4, -0.2) is 30.9 Å². The number of thiocarbonyl (C=S) groups is 1. The van der Waals surface area contributed by atoms with Gasteiger partial charge in [-0.1, -0.05) is 18.6 Å². The number of hydrogen-bond donors (Lipinski definition) is 2. The molecule has 0 unspecified atom stereocenters. The van der Waals surface area contributed by atoms with Crippen molar-refractivity contribution in [1.29, 1.82) is 0 Å². The number of anilines is 2. The first kappa shape index (κ1) is 19.8. The van der Waals surface area contributed by atoms with Gasteiger partial charge in [0.2, 0.25) is 10.0 Å². The molecule has 1 fully saturated rings. The Labute approximate surface area is 166 Å². The van der Waals surface area contributed by atoms with Gasteiger partial charge in [0.25, 0.3) is 0 Å². The second-order valence-corrected chi connectivity index (χ2v) is 9.16. The molecule has 5 nitrogen and oxygen atoms in total. The lowest BCUT2D eigenvalue weighted by Gasteiger charge is -2.25. The summed E-state index contributed by atoms with van der Waals surface area (Å²) in [4.78, 5) is 0.323. The molecule has 144 valence electrons. The van der Waals surface area contributed by atoms with Crippen LogP contribution in [0.25, 0.3) is 0 Å². The first-order valence-corrected chi connectivity index (χ1v) is 11.0. The molecule has 3 rings (SSSR count). The molecule has 0 bridgehead atoms. The highest BCUT2D eigenvalue weighted by Crippen LogP contribution is 2.22. The molecular formula is C20H25N3O2S2. The minimum Gasteiger partial charge on any atom is -0.332 e. The molecule has 2 aromatic carbocycles. The third kappa shape index (κ3) is 4.66. The number of hydrogen-bond acceptors (Lipinski definition) is 3. The maximum atomic E-state index is 12.7. The molecule has 0 atom stereocenters. The average Bonchev–Trinajstić information content (AvgIpc) is 2.66. The van der Waals surface area contributed by atoms with Crippen molar-refractivity contribution in [2.75, 3.05) is 23.7 Å². The zero-order valence-corrected chi connectivity index (χ0v) is 17.3. The predicted octanol–water partition coefficient (Wildman–Crippen LogP) is 4.29. The van der Waals surface area contributed by atoms with Gasteiger partial charge in [-0.25, -0.2) is 8.42 Å². The van der Waals surface area contributed by atoms with Gasteiger partial charge < -0.3 is 10.6 Å². The van der Waals surface area contributed by atoms with Crippen LogP contribution in [-0.2, 0) is 10.0 Å². The number of nitrogens with zero attached hydrogens (tertiary/aromatic N) is 1. The van der Waals surface area contributed by atoms with Crippen molar-refractivity contribution in [2.24, 2.45) is 0 Å². The van der Waals surface area contributed by atoms with Gasteiger partial charge in [0.15, 0.2) is 5.11 Å². The van der Waals surface area contributed by atoms with Crippen LogP contribution >= 0.6 is 12.2 Å². The first-order chi connectivity index (χ1) is 12.9. The Kier molecular flexibility index (Phi) is 6.14. The second kappa shape index (κ2) is 8.37. The fraction of sp³-hybridized carbons (Fsp3) is 0.350. The highest BCUT2D eigenvalue weighted by molar-refractivity contribution is 7.89. The van der Waals surface area contributed by atoms with Gasteiger partial charge in [-0.3, -0.25) is 0 Å². The molecule has 0 amide bonds. The van der Waals surface area contributed by atoms with Crippen LogP contribution in [0.3, 0.4) is 0 Å². The van der Waals surface area contributed by atoms with Crippen LogP contribution in [0.2, 0.25) is 0 Å².